The highest BCUT2D eigenvalue weighted by Crippen LogP contribution is 2.42. The van der Waals surface area contributed by atoms with Crippen LogP contribution in [0, 0.1) is 17.3 Å². The van der Waals surface area contributed by atoms with E-state index in [9.17, 15) is 5.11 Å². The van der Waals surface area contributed by atoms with Crippen molar-refractivity contribution in [1.82, 2.24) is 4.90 Å². The standard InChI is InChI=1S/C17H33NO/c1-5-10-18(12-13-6-7-13)16-11-14(19)8-9-15(16)17(2,3)4/h13-16,19H,5-12H2,1-4H3. The molecule has 2 aliphatic rings. The minimum absolute atomic E-state index is 0.0674. The summed E-state index contributed by atoms with van der Waals surface area (Å²) in [6, 6.07) is 0.601. The van der Waals surface area contributed by atoms with Crippen molar-refractivity contribution in [1.29, 1.82) is 0 Å². The summed E-state index contributed by atoms with van der Waals surface area (Å²) in [5.74, 6) is 1.69. The van der Waals surface area contributed by atoms with Crippen LogP contribution in [0.4, 0.5) is 0 Å². The Kier molecular flexibility index (Phi) is 4.94. The zero-order valence-electron chi connectivity index (χ0n) is 13.4. The van der Waals surface area contributed by atoms with Gasteiger partial charge in [0.25, 0.3) is 0 Å². The molecule has 2 saturated carbocycles. The van der Waals surface area contributed by atoms with E-state index in [1.165, 1.54) is 38.8 Å². The van der Waals surface area contributed by atoms with Gasteiger partial charge in [-0.05, 0) is 62.3 Å². The quantitative estimate of drug-likeness (QED) is 0.821. The van der Waals surface area contributed by atoms with Gasteiger partial charge in [0.1, 0.15) is 0 Å². The predicted octanol–water partition coefficient (Wildman–Crippen LogP) is 3.68. The van der Waals surface area contributed by atoms with E-state index in [2.05, 4.69) is 32.6 Å². The van der Waals surface area contributed by atoms with Gasteiger partial charge >= 0.3 is 0 Å². The highest BCUT2D eigenvalue weighted by atomic mass is 16.3. The van der Waals surface area contributed by atoms with Crippen LogP contribution in [0.15, 0.2) is 0 Å². The second kappa shape index (κ2) is 6.13. The molecular weight excluding hydrogens is 234 g/mol. The molecule has 0 aliphatic heterocycles. The summed E-state index contributed by atoms with van der Waals surface area (Å²) in [6.07, 6.45) is 7.21. The number of nitrogens with zero attached hydrogens (tertiary/aromatic N) is 1. The van der Waals surface area contributed by atoms with Crippen LogP contribution in [-0.4, -0.2) is 35.2 Å². The van der Waals surface area contributed by atoms with Crippen LogP contribution in [0.5, 0.6) is 0 Å². The van der Waals surface area contributed by atoms with E-state index in [1.54, 1.807) is 0 Å². The Morgan fingerprint density at radius 2 is 1.79 bits per heavy atom. The van der Waals surface area contributed by atoms with Gasteiger partial charge in [-0.2, -0.15) is 0 Å². The van der Waals surface area contributed by atoms with Crippen LogP contribution >= 0.6 is 0 Å². The number of aliphatic hydroxyl groups excluding tert-OH is 1. The van der Waals surface area contributed by atoms with E-state index in [1.807, 2.05) is 0 Å². The van der Waals surface area contributed by atoms with E-state index in [0.29, 0.717) is 11.5 Å². The van der Waals surface area contributed by atoms with Gasteiger partial charge in [0.2, 0.25) is 0 Å². The van der Waals surface area contributed by atoms with Gasteiger partial charge in [0, 0.05) is 12.6 Å². The number of hydrogen-bond donors (Lipinski definition) is 1. The van der Waals surface area contributed by atoms with Crippen molar-refractivity contribution in [3.05, 3.63) is 0 Å². The van der Waals surface area contributed by atoms with Crippen LogP contribution in [0.2, 0.25) is 0 Å². The molecular formula is C17H33NO. The highest BCUT2D eigenvalue weighted by Gasteiger charge is 2.40. The topological polar surface area (TPSA) is 23.5 Å². The fraction of sp³-hybridized carbons (Fsp3) is 1.00. The lowest BCUT2D eigenvalue weighted by molar-refractivity contribution is -0.0134. The largest absolute Gasteiger partial charge is 0.393 e. The predicted molar refractivity (Wildman–Crippen MR) is 81.2 cm³/mol. The number of hydrogen-bond acceptors (Lipinski definition) is 2. The van der Waals surface area contributed by atoms with E-state index in [4.69, 9.17) is 0 Å². The average Bonchev–Trinajstić information content (AvgIpc) is 3.10. The summed E-state index contributed by atoms with van der Waals surface area (Å²) in [5, 5.41) is 10.1. The lowest BCUT2D eigenvalue weighted by Gasteiger charge is -2.47. The van der Waals surface area contributed by atoms with Crippen molar-refractivity contribution in [2.75, 3.05) is 13.1 Å². The Bertz CT molecular complexity index is 279. The van der Waals surface area contributed by atoms with Crippen LogP contribution in [0.1, 0.15) is 66.2 Å². The molecule has 112 valence electrons. The molecule has 0 bridgehead atoms. The van der Waals surface area contributed by atoms with Crippen LogP contribution in [0.3, 0.4) is 0 Å². The first kappa shape index (κ1) is 15.3. The monoisotopic (exact) mass is 267 g/mol. The van der Waals surface area contributed by atoms with Gasteiger partial charge in [-0.1, -0.05) is 27.7 Å². The summed E-state index contributed by atoms with van der Waals surface area (Å²) in [4.78, 5) is 2.72. The second-order valence-corrected chi connectivity index (χ2v) is 7.95. The van der Waals surface area contributed by atoms with Crippen molar-refractivity contribution in [3.8, 4) is 0 Å². The van der Waals surface area contributed by atoms with Crippen LogP contribution in [0.25, 0.3) is 0 Å². The third-order valence-corrected chi connectivity index (χ3v) is 5.07. The fourth-order valence-electron chi connectivity index (χ4n) is 3.85. The molecule has 3 unspecified atom stereocenters. The van der Waals surface area contributed by atoms with Crippen molar-refractivity contribution in [2.24, 2.45) is 17.3 Å². The van der Waals surface area contributed by atoms with Gasteiger partial charge in [0.15, 0.2) is 0 Å². The lowest BCUT2D eigenvalue weighted by Crippen LogP contribution is -2.50. The molecule has 0 radical (unpaired) electrons. The van der Waals surface area contributed by atoms with E-state index in [0.717, 1.165) is 24.7 Å². The average molecular weight is 267 g/mol. The summed E-state index contributed by atoms with van der Waals surface area (Å²) >= 11 is 0. The lowest BCUT2D eigenvalue weighted by atomic mass is 9.68. The van der Waals surface area contributed by atoms with Crippen molar-refractivity contribution < 1.29 is 5.11 Å². The maximum Gasteiger partial charge on any atom is 0.0555 e. The number of rotatable bonds is 5. The normalized spacial score (nSPS) is 32.8. The van der Waals surface area contributed by atoms with E-state index >= 15 is 0 Å². The Labute approximate surface area is 119 Å². The molecule has 2 rings (SSSR count). The Balaban J connectivity index is 2.08. The third-order valence-electron chi connectivity index (χ3n) is 5.07. The molecule has 0 aromatic heterocycles. The molecule has 3 atom stereocenters. The van der Waals surface area contributed by atoms with E-state index in [-0.39, 0.29) is 6.10 Å². The second-order valence-electron chi connectivity index (χ2n) is 7.95. The SMILES string of the molecule is CCCN(CC1CC1)C1CC(O)CCC1C(C)(C)C. The highest BCUT2D eigenvalue weighted by molar-refractivity contribution is 4.93. The van der Waals surface area contributed by atoms with Gasteiger partial charge < -0.3 is 5.11 Å². The molecule has 2 heteroatoms. The Hall–Kier alpha value is -0.0800. The number of aliphatic hydroxyl groups is 1. The van der Waals surface area contributed by atoms with Crippen LogP contribution in [-0.2, 0) is 0 Å². The summed E-state index contributed by atoms with van der Waals surface area (Å²) in [5.41, 5.74) is 0.361. The fourth-order valence-corrected chi connectivity index (χ4v) is 3.85. The minimum atomic E-state index is -0.0674. The van der Waals surface area contributed by atoms with Gasteiger partial charge in [-0.15, -0.1) is 0 Å². The van der Waals surface area contributed by atoms with Gasteiger partial charge in [0.05, 0.1) is 6.10 Å². The summed E-state index contributed by atoms with van der Waals surface area (Å²) in [7, 11) is 0. The molecule has 0 amide bonds. The zero-order chi connectivity index (χ0) is 14.0. The van der Waals surface area contributed by atoms with E-state index < -0.39 is 0 Å². The molecule has 2 fully saturated rings. The Morgan fingerprint density at radius 3 is 2.32 bits per heavy atom. The maximum absolute atomic E-state index is 10.1. The zero-order valence-corrected chi connectivity index (χ0v) is 13.4. The van der Waals surface area contributed by atoms with Crippen molar-refractivity contribution in [3.63, 3.8) is 0 Å². The molecule has 0 aromatic carbocycles. The van der Waals surface area contributed by atoms with Gasteiger partial charge in [-0.3, -0.25) is 4.90 Å². The molecule has 1 N–H and O–H groups in total. The maximum atomic E-state index is 10.1. The molecule has 0 aromatic rings. The molecule has 19 heavy (non-hydrogen) atoms. The Morgan fingerprint density at radius 1 is 1.11 bits per heavy atom. The smallest absolute Gasteiger partial charge is 0.0555 e. The molecule has 0 heterocycles. The molecule has 0 spiro atoms. The van der Waals surface area contributed by atoms with Crippen molar-refractivity contribution >= 4 is 0 Å². The van der Waals surface area contributed by atoms with Gasteiger partial charge in [-0.25, -0.2) is 0 Å². The molecule has 2 aliphatic carbocycles. The first-order valence-electron chi connectivity index (χ1n) is 8.34. The first-order chi connectivity index (χ1) is 8.91. The summed E-state index contributed by atoms with van der Waals surface area (Å²) < 4.78 is 0. The third kappa shape index (κ3) is 4.19. The van der Waals surface area contributed by atoms with Crippen LogP contribution < -0.4 is 0 Å². The minimum Gasteiger partial charge on any atom is -0.393 e. The van der Waals surface area contributed by atoms with Crippen molar-refractivity contribution in [2.45, 2.75) is 78.4 Å². The first-order valence-corrected chi connectivity index (χ1v) is 8.34. The molecule has 0 saturated heterocycles. The summed E-state index contributed by atoms with van der Waals surface area (Å²) in [6.45, 7) is 11.9. The molecule has 2 nitrogen and oxygen atoms in total.